The number of carbonyl (C=O) groups is 2. The maximum Gasteiger partial charge on any atom is 0.325 e. The Kier molecular flexibility index (Phi) is 4.30. The summed E-state index contributed by atoms with van der Waals surface area (Å²) < 4.78 is 12.3. The molecule has 10 nitrogen and oxygen atoms in total. The summed E-state index contributed by atoms with van der Waals surface area (Å²) in [5.74, 6) is 1.09. The van der Waals surface area contributed by atoms with Crippen LogP contribution in [0.1, 0.15) is 0 Å². The number of benzene rings is 1. The van der Waals surface area contributed by atoms with Crippen LogP contribution in [0, 0.1) is 0 Å². The van der Waals surface area contributed by atoms with Crippen molar-refractivity contribution in [2.24, 2.45) is 0 Å². The van der Waals surface area contributed by atoms with Gasteiger partial charge in [0.2, 0.25) is 12.7 Å². The fourth-order valence-corrected chi connectivity index (χ4v) is 2.91. The van der Waals surface area contributed by atoms with Crippen LogP contribution in [-0.2, 0) is 11.3 Å². The van der Waals surface area contributed by atoms with Gasteiger partial charge in [-0.3, -0.25) is 14.4 Å². The van der Waals surface area contributed by atoms with Crippen molar-refractivity contribution in [3.05, 3.63) is 30.9 Å². The first-order valence-electron chi connectivity index (χ1n) is 8.26. The minimum Gasteiger partial charge on any atom is -0.454 e. The lowest BCUT2D eigenvalue weighted by Crippen LogP contribution is -2.40. The minimum absolute atomic E-state index is 0.0250. The Morgan fingerprint density at radius 2 is 2.12 bits per heavy atom. The number of aromatic nitrogens is 3. The smallest absolute Gasteiger partial charge is 0.325 e. The van der Waals surface area contributed by atoms with Gasteiger partial charge in [-0.25, -0.2) is 9.78 Å². The molecule has 1 aromatic carbocycles. The predicted octanol–water partition coefficient (Wildman–Crippen LogP) is 0.0652. The number of ether oxygens (including phenoxy) is 2. The molecule has 0 spiro atoms. The predicted molar refractivity (Wildman–Crippen MR) is 89.9 cm³/mol. The normalized spacial score (nSPS) is 15.6. The molecule has 136 valence electrons. The van der Waals surface area contributed by atoms with E-state index in [2.05, 4.69) is 15.4 Å². The van der Waals surface area contributed by atoms with Crippen LogP contribution >= 0.6 is 0 Å². The molecule has 1 saturated heterocycles. The highest BCUT2D eigenvalue weighted by molar-refractivity contribution is 5.96. The number of carbonyl (C=O) groups excluding carboxylic acids is 2. The molecule has 0 aliphatic carbocycles. The number of rotatable bonds is 6. The number of amides is 3. The van der Waals surface area contributed by atoms with Crippen molar-refractivity contribution >= 4 is 17.6 Å². The highest BCUT2D eigenvalue weighted by Gasteiger charge is 2.31. The summed E-state index contributed by atoms with van der Waals surface area (Å²) in [5, 5.41) is 6.74. The third-order valence-corrected chi connectivity index (χ3v) is 4.23. The van der Waals surface area contributed by atoms with Gasteiger partial charge in [0.1, 0.15) is 19.2 Å². The Morgan fingerprint density at radius 3 is 2.96 bits per heavy atom. The highest BCUT2D eigenvalue weighted by atomic mass is 16.7. The molecular weight excluding hydrogens is 340 g/mol. The summed E-state index contributed by atoms with van der Waals surface area (Å²) in [6.45, 7) is 2.18. The monoisotopic (exact) mass is 358 g/mol. The number of fused-ring (bicyclic) bond motifs is 1. The standard InChI is InChI=1S/C16H18N6O4/c23-15(18-3-4-21-10-17-9-19-21)8-20-5-6-22(16(20)24)12-1-2-13-14(7-12)26-11-25-13/h1-2,7,9-10H,3-6,8,11H2,(H,18,23). The second kappa shape index (κ2) is 6.90. The molecule has 2 aromatic rings. The van der Waals surface area contributed by atoms with Crippen LogP contribution in [0.5, 0.6) is 11.5 Å². The quantitative estimate of drug-likeness (QED) is 0.784. The fraction of sp³-hybridized carbons (Fsp3) is 0.375. The lowest BCUT2D eigenvalue weighted by Gasteiger charge is -2.18. The molecule has 2 aliphatic rings. The number of anilines is 1. The van der Waals surface area contributed by atoms with E-state index in [0.717, 1.165) is 5.69 Å². The van der Waals surface area contributed by atoms with Gasteiger partial charge in [-0.05, 0) is 12.1 Å². The first-order chi connectivity index (χ1) is 12.7. The van der Waals surface area contributed by atoms with Gasteiger partial charge in [0.25, 0.3) is 0 Å². The van der Waals surface area contributed by atoms with Crippen LogP contribution in [-0.4, -0.2) is 64.6 Å². The number of urea groups is 1. The number of nitrogens with one attached hydrogen (secondary N) is 1. The summed E-state index contributed by atoms with van der Waals surface area (Å²) in [6.07, 6.45) is 3.02. The van der Waals surface area contributed by atoms with Crippen LogP contribution in [0.15, 0.2) is 30.9 Å². The van der Waals surface area contributed by atoms with E-state index in [9.17, 15) is 9.59 Å². The molecule has 1 fully saturated rings. The molecule has 1 N–H and O–H groups in total. The molecule has 3 heterocycles. The van der Waals surface area contributed by atoms with Gasteiger partial charge in [-0.15, -0.1) is 0 Å². The maximum atomic E-state index is 12.6. The Hall–Kier alpha value is -3.30. The van der Waals surface area contributed by atoms with Gasteiger partial charge in [-0.2, -0.15) is 5.10 Å². The zero-order valence-electron chi connectivity index (χ0n) is 14.0. The van der Waals surface area contributed by atoms with Crippen LogP contribution in [0.3, 0.4) is 0 Å². The zero-order valence-corrected chi connectivity index (χ0v) is 14.0. The SMILES string of the molecule is O=C(CN1CCN(c2ccc3c(c2)OCO3)C1=O)NCCn1cncn1. The van der Waals surface area contributed by atoms with Gasteiger partial charge in [0, 0.05) is 31.4 Å². The molecule has 0 saturated carbocycles. The molecule has 0 bridgehead atoms. The second-order valence-electron chi connectivity index (χ2n) is 5.90. The van der Waals surface area contributed by atoms with E-state index in [4.69, 9.17) is 9.47 Å². The van der Waals surface area contributed by atoms with Crippen molar-refractivity contribution in [3.63, 3.8) is 0 Å². The van der Waals surface area contributed by atoms with E-state index in [-0.39, 0.29) is 25.3 Å². The van der Waals surface area contributed by atoms with Crippen molar-refractivity contribution in [2.75, 3.05) is 37.9 Å². The van der Waals surface area contributed by atoms with Gasteiger partial charge in [-0.1, -0.05) is 0 Å². The zero-order chi connectivity index (χ0) is 17.9. The van der Waals surface area contributed by atoms with Crippen molar-refractivity contribution in [1.29, 1.82) is 0 Å². The van der Waals surface area contributed by atoms with Gasteiger partial charge >= 0.3 is 6.03 Å². The van der Waals surface area contributed by atoms with Crippen molar-refractivity contribution < 1.29 is 19.1 Å². The molecule has 1 aromatic heterocycles. The average molecular weight is 358 g/mol. The molecule has 4 rings (SSSR count). The topological polar surface area (TPSA) is 102 Å². The molecule has 0 unspecified atom stereocenters. The van der Waals surface area contributed by atoms with E-state index >= 15 is 0 Å². The summed E-state index contributed by atoms with van der Waals surface area (Å²) in [7, 11) is 0. The largest absolute Gasteiger partial charge is 0.454 e. The fourth-order valence-electron chi connectivity index (χ4n) is 2.91. The minimum atomic E-state index is -0.203. The average Bonchev–Trinajstić information content (AvgIpc) is 3.37. The van der Waals surface area contributed by atoms with Crippen molar-refractivity contribution in [2.45, 2.75) is 6.54 Å². The molecule has 10 heteroatoms. The summed E-state index contributed by atoms with van der Waals surface area (Å²) >= 11 is 0. The third kappa shape index (κ3) is 3.25. The van der Waals surface area contributed by atoms with Crippen molar-refractivity contribution in [3.8, 4) is 11.5 Å². The Balaban J connectivity index is 1.30. The summed E-state index contributed by atoms with van der Waals surface area (Å²) in [6, 6.07) is 5.18. The van der Waals surface area contributed by atoms with Gasteiger partial charge < -0.3 is 19.7 Å². The number of hydrogen-bond acceptors (Lipinski definition) is 6. The summed E-state index contributed by atoms with van der Waals surface area (Å²) in [5.41, 5.74) is 0.730. The Morgan fingerprint density at radius 1 is 1.23 bits per heavy atom. The number of hydrogen-bond donors (Lipinski definition) is 1. The Bertz CT molecular complexity index is 809. The molecule has 0 atom stereocenters. The van der Waals surface area contributed by atoms with Crippen LogP contribution in [0.25, 0.3) is 0 Å². The summed E-state index contributed by atoms with van der Waals surface area (Å²) in [4.78, 5) is 31.6. The molecule has 26 heavy (non-hydrogen) atoms. The van der Waals surface area contributed by atoms with E-state index < -0.39 is 0 Å². The van der Waals surface area contributed by atoms with E-state index in [1.807, 2.05) is 6.07 Å². The third-order valence-electron chi connectivity index (χ3n) is 4.23. The number of nitrogens with zero attached hydrogens (tertiary/aromatic N) is 5. The van der Waals surface area contributed by atoms with Crippen LogP contribution in [0.2, 0.25) is 0 Å². The van der Waals surface area contributed by atoms with Crippen LogP contribution < -0.4 is 19.7 Å². The van der Waals surface area contributed by atoms with E-state index in [1.165, 1.54) is 11.2 Å². The molecular formula is C16H18N6O4. The van der Waals surface area contributed by atoms with Crippen LogP contribution in [0.4, 0.5) is 10.5 Å². The Labute approximate surface area is 149 Å². The molecule has 3 amide bonds. The molecule has 0 radical (unpaired) electrons. The van der Waals surface area contributed by atoms with E-state index in [1.54, 1.807) is 28.0 Å². The second-order valence-corrected chi connectivity index (χ2v) is 5.90. The van der Waals surface area contributed by atoms with Crippen molar-refractivity contribution in [1.82, 2.24) is 25.0 Å². The van der Waals surface area contributed by atoms with Gasteiger partial charge in [0.15, 0.2) is 11.5 Å². The molecule has 2 aliphatic heterocycles. The maximum absolute atomic E-state index is 12.6. The van der Waals surface area contributed by atoms with Gasteiger partial charge in [0.05, 0.1) is 6.54 Å². The van der Waals surface area contributed by atoms with E-state index in [0.29, 0.717) is 37.7 Å². The highest BCUT2D eigenvalue weighted by Crippen LogP contribution is 2.36. The lowest BCUT2D eigenvalue weighted by atomic mass is 10.2. The lowest BCUT2D eigenvalue weighted by molar-refractivity contribution is -0.121. The first kappa shape index (κ1) is 16.2. The first-order valence-corrected chi connectivity index (χ1v) is 8.26.